The molecule has 0 bridgehead atoms. The highest BCUT2D eigenvalue weighted by Gasteiger charge is 2.62. The molecule has 0 saturated carbocycles. The van der Waals surface area contributed by atoms with Gasteiger partial charge in [0, 0.05) is 4.47 Å². The van der Waals surface area contributed by atoms with Crippen LogP contribution in [-0.4, -0.2) is 24.3 Å². The van der Waals surface area contributed by atoms with Crippen molar-refractivity contribution in [1.29, 1.82) is 0 Å². The summed E-state index contributed by atoms with van der Waals surface area (Å²) in [4.78, 5) is 37.5. The molecular weight excluding hydrogens is 364 g/mol. The van der Waals surface area contributed by atoms with E-state index in [1.807, 2.05) is 12.1 Å². The van der Waals surface area contributed by atoms with Crippen LogP contribution in [0.4, 0.5) is 0 Å². The first kappa shape index (κ1) is 17.7. The van der Waals surface area contributed by atoms with Crippen LogP contribution in [-0.2, 0) is 23.9 Å². The van der Waals surface area contributed by atoms with Crippen molar-refractivity contribution in [3.63, 3.8) is 0 Å². The lowest BCUT2D eigenvalue weighted by Crippen LogP contribution is -2.57. The molecule has 6 heteroatoms. The molecule has 1 aliphatic heterocycles. The van der Waals surface area contributed by atoms with Gasteiger partial charge in [0.1, 0.15) is 6.10 Å². The van der Waals surface area contributed by atoms with Gasteiger partial charge in [-0.2, -0.15) is 0 Å². The molecular formula is C17H19BrO5. The number of carbonyl (C=O) groups is 3. The van der Waals surface area contributed by atoms with Gasteiger partial charge in [-0.25, -0.2) is 0 Å². The second-order valence-corrected chi connectivity index (χ2v) is 7.15. The van der Waals surface area contributed by atoms with E-state index in [1.54, 1.807) is 32.9 Å². The first-order chi connectivity index (χ1) is 10.7. The SMILES string of the molecule is CCOC(=O)[C@]1(C)C(=O)O[C@@H](c2ccc(Br)cc2)C(C)(C)C1=O. The van der Waals surface area contributed by atoms with Gasteiger partial charge in [-0.1, -0.05) is 28.1 Å². The normalized spacial score (nSPS) is 26.6. The molecule has 1 heterocycles. The van der Waals surface area contributed by atoms with Crippen molar-refractivity contribution in [1.82, 2.24) is 0 Å². The van der Waals surface area contributed by atoms with Gasteiger partial charge in [0.25, 0.3) is 0 Å². The van der Waals surface area contributed by atoms with E-state index in [1.165, 1.54) is 6.92 Å². The largest absolute Gasteiger partial charge is 0.465 e. The van der Waals surface area contributed by atoms with Crippen LogP contribution >= 0.6 is 15.9 Å². The highest BCUT2D eigenvalue weighted by Crippen LogP contribution is 2.48. The highest BCUT2D eigenvalue weighted by molar-refractivity contribution is 9.10. The lowest BCUT2D eigenvalue weighted by molar-refractivity contribution is -0.195. The summed E-state index contributed by atoms with van der Waals surface area (Å²) in [5, 5.41) is 0. The summed E-state index contributed by atoms with van der Waals surface area (Å²) in [6.45, 7) is 6.33. The third-order valence-electron chi connectivity index (χ3n) is 4.18. The predicted octanol–water partition coefficient (Wildman–Crippen LogP) is 3.21. The van der Waals surface area contributed by atoms with Crippen LogP contribution in [0.5, 0.6) is 0 Å². The predicted molar refractivity (Wildman–Crippen MR) is 86.5 cm³/mol. The lowest BCUT2D eigenvalue weighted by Gasteiger charge is -2.43. The Bertz CT molecular complexity index is 649. The van der Waals surface area contributed by atoms with Crippen molar-refractivity contribution in [2.24, 2.45) is 10.8 Å². The van der Waals surface area contributed by atoms with E-state index in [0.29, 0.717) is 5.56 Å². The molecule has 1 aromatic carbocycles. The van der Waals surface area contributed by atoms with Crippen LogP contribution in [0.2, 0.25) is 0 Å². The van der Waals surface area contributed by atoms with Crippen LogP contribution in [0.15, 0.2) is 28.7 Å². The average molecular weight is 383 g/mol. The molecule has 2 atom stereocenters. The van der Waals surface area contributed by atoms with Crippen LogP contribution in [0.25, 0.3) is 0 Å². The fourth-order valence-electron chi connectivity index (χ4n) is 2.80. The summed E-state index contributed by atoms with van der Waals surface area (Å²) in [5.74, 6) is -2.22. The molecule has 0 radical (unpaired) electrons. The molecule has 1 fully saturated rings. The monoisotopic (exact) mass is 382 g/mol. The third-order valence-corrected chi connectivity index (χ3v) is 4.71. The minimum Gasteiger partial charge on any atom is -0.465 e. The van der Waals surface area contributed by atoms with Gasteiger partial charge in [0.2, 0.25) is 5.41 Å². The Morgan fingerprint density at radius 1 is 1.22 bits per heavy atom. The maximum absolute atomic E-state index is 12.9. The van der Waals surface area contributed by atoms with Gasteiger partial charge < -0.3 is 9.47 Å². The average Bonchev–Trinajstić information content (AvgIpc) is 2.50. The number of hydrogen-bond donors (Lipinski definition) is 0. The minimum absolute atomic E-state index is 0.0888. The van der Waals surface area contributed by atoms with Gasteiger partial charge >= 0.3 is 11.9 Å². The van der Waals surface area contributed by atoms with E-state index in [0.717, 1.165) is 4.47 Å². The summed E-state index contributed by atoms with van der Waals surface area (Å²) in [6, 6.07) is 7.18. The summed E-state index contributed by atoms with van der Waals surface area (Å²) in [7, 11) is 0. The van der Waals surface area contributed by atoms with E-state index >= 15 is 0 Å². The second kappa shape index (κ2) is 6.07. The van der Waals surface area contributed by atoms with Gasteiger partial charge in [0.15, 0.2) is 5.78 Å². The lowest BCUT2D eigenvalue weighted by atomic mass is 9.66. The minimum atomic E-state index is -1.93. The quantitative estimate of drug-likeness (QED) is 0.592. The Balaban J connectivity index is 2.44. The van der Waals surface area contributed by atoms with Crippen molar-refractivity contribution < 1.29 is 23.9 Å². The molecule has 0 spiro atoms. The number of ether oxygens (including phenoxy) is 2. The molecule has 0 aliphatic carbocycles. The Morgan fingerprint density at radius 3 is 2.30 bits per heavy atom. The summed E-state index contributed by atoms with van der Waals surface area (Å²) >= 11 is 3.34. The zero-order valence-electron chi connectivity index (χ0n) is 13.5. The molecule has 124 valence electrons. The number of esters is 2. The Kier molecular flexibility index (Phi) is 4.66. The summed E-state index contributed by atoms with van der Waals surface area (Å²) in [5.41, 5.74) is -2.28. The van der Waals surface area contributed by atoms with Crippen LogP contribution < -0.4 is 0 Å². The standard InChI is InChI=1S/C17H19BrO5/c1-5-22-14(20)17(4)13(19)16(2,3)12(23-15(17)21)10-6-8-11(18)9-7-10/h6-9,12H,5H2,1-4H3/t12-,17+/m0/s1. The Hall–Kier alpha value is -1.69. The van der Waals surface area contributed by atoms with Crippen molar-refractivity contribution in [2.45, 2.75) is 33.8 Å². The number of carbonyl (C=O) groups excluding carboxylic acids is 3. The smallest absolute Gasteiger partial charge is 0.331 e. The molecule has 2 rings (SSSR count). The summed E-state index contributed by atoms with van der Waals surface area (Å²) < 4.78 is 11.3. The molecule has 23 heavy (non-hydrogen) atoms. The molecule has 1 aliphatic rings. The van der Waals surface area contributed by atoms with Crippen LogP contribution in [0.3, 0.4) is 0 Å². The van der Waals surface area contributed by atoms with Gasteiger partial charge in [-0.05, 0) is 45.4 Å². The Morgan fingerprint density at radius 2 is 1.78 bits per heavy atom. The maximum atomic E-state index is 12.9. The number of rotatable bonds is 3. The fraction of sp³-hybridized carbons (Fsp3) is 0.471. The van der Waals surface area contributed by atoms with Crippen molar-refractivity contribution in [2.75, 3.05) is 6.61 Å². The zero-order valence-corrected chi connectivity index (χ0v) is 15.1. The van der Waals surface area contributed by atoms with Gasteiger partial charge in [-0.15, -0.1) is 0 Å². The first-order valence-corrected chi connectivity index (χ1v) is 8.13. The van der Waals surface area contributed by atoms with Crippen molar-refractivity contribution >= 4 is 33.7 Å². The molecule has 1 saturated heterocycles. The number of cyclic esters (lactones) is 1. The zero-order chi connectivity index (χ0) is 17.4. The molecule has 0 unspecified atom stereocenters. The van der Waals surface area contributed by atoms with E-state index < -0.39 is 34.7 Å². The second-order valence-electron chi connectivity index (χ2n) is 6.23. The van der Waals surface area contributed by atoms with E-state index in [2.05, 4.69) is 15.9 Å². The number of halogens is 1. The number of hydrogen-bond acceptors (Lipinski definition) is 5. The number of Topliss-reactive ketones (excluding diaryl/α,β-unsaturated/α-hetero) is 1. The van der Waals surface area contributed by atoms with Crippen LogP contribution in [0, 0.1) is 10.8 Å². The third kappa shape index (κ3) is 2.80. The molecule has 0 N–H and O–H groups in total. The van der Waals surface area contributed by atoms with Gasteiger partial charge in [0.05, 0.1) is 12.0 Å². The van der Waals surface area contributed by atoms with Gasteiger partial charge in [-0.3, -0.25) is 14.4 Å². The molecule has 5 nitrogen and oxygen atoms in total. The molecule has 0 amide bonds. The topological polar surface area (TPSA) is 69.7 Å². The number of benzene rings is 1. The maximum Gasteiger partial charge on any atom is 0.331 e. The molecule has 0 aromatic heterocycles. The van der Waals surface area contributed by atoms with E-state index in [4.69, 9.17) is 9.47 Å². The van der Waals surface area contributed by atoms with Crippen LogP contribution in [0.1, 0.15) is 39.4 Å². The highest BCUT2D eigenvalue weighted by atomic mass is 79.9. The summed E-state index contributed by atoms with van der Waals surface area (Å²) in [6.07, 6.45) is -0.752. The van der Waals surface area contributed by atoms with E-state index in [9.17, 15) is 14.4 Å². The van der Waals surface area contributed by atoms with Crippen molar-refractivity contribution in [3.8, 4) is 0 Å². The Labute approximate surface area is 143 Å². The van der Waals surface area contributed by atoms with Crippen molar-refractivity contribution in [3.05, 3.63) is 34.3 Å². The number of ketones is 1. The fourth-order valence-corrected chi connectivity index (χ4v) is 3.07. The van der Waals surface area contributed by atoms with E-state index in [-0.39, 0.29) is 6.61 Å². The molecule has 1 aromatic rings. The first-order valence-electron chi connectivity index (χ1n) is 7.34.